The van der Waals surface area contributed by atoms with Gasteiger partial charge in [-0.2, -0.15) is 0 Å². The van der Waals surface area contributed by atoms with Gasteiger partial charge in [-0.3, -0.25) is 4.79 Å². The van der Waals surface area contributed by atoms with Crippen LogP contribution < -0.4 is 10.1 Å². The molecule has 0 unspecified atom stereocenters. The molecule has 1 rings (SSSR count). The zero-order valence-corrected chi connectivity index (χ0v) is 12.6. The van der Waals surface area contributed by atoms with E-state index >= 15 is 0 Å². The molecule has 0 bridgehead atoms. The fourth-order valence-corrected chi connectivity index (χ4v) is 2.06. The fourth-order valence-electron chi connectivity index (χ4n) is 1.26. The Kier molecular flexibility index (Phi) is 6.77. The molecule has 110 valence electrons. The fraction of sp³-hybridized carbons (Fsp3) is 0.333. The van der Waals surface area contributed by atoms with Gasteiger partial charge in [-0.15, -0.1) is 0 Å². The summed E-state index contributed by atoms with van der Waals surface area (Å²) in [6, 6.07) is 4.88. The van der Waals surface area contributed by atoms with E-state index in [2.05, 4.69) is 21.2 Å². The van der Waals surface area contributed by atoms with Crippen LogP contribution in [0.15, 0.2) is 22.7 Å². The van der Waals surface area contributed by atoms with Crippen LogP contribution in [0.25, 0.3) is 0 Å². The Morgan fingerprint density at radius 3 is 2.75 bits per heavy atom. The van der Waals surface area contributed by atoms with Gasteiger partial charge in [-0.1, -0.05) is 11.6 Å². The van der Waals surface area contributed by atoms with E-state index in [4.69, 9.17) is 26.6 Å². The monoisotopic (exact) mass is 365 g/mol. The number of carboxylic acids is 1. The summed E-state index contributed by atoms with van der Waals surface area (Å²) in [5.41, 5.74) is 0. The van der Waals surface area contributed by atoms with E-state index in [0.717, 1.165) is 0 Å². The van der Waals surface area contributed by atoms with Gasteiger partial charge in [-0.05, 0) is 34.1 Å². The highest BCUT2D eigenvalue weighted by atomic mass is 79.9. The summed E-state index contributed by atoms with van der Waals surface area (Å²) < 4.78 is 5.89. The molecule has 1 amide bonds. The number of aliphatic hydroxyl groups excluding tert-OH is 1. The number of halogens is 2. The molecule has 0 heterocycles. The molecule has 1 aromatic carbocycles. The van der Waals surface area contributed by atoms with Crippen LogP contribution in [-0.4, -0.2) is 41.3 Å². The average Bonchev–Trinajstić information content (AvgIpc) is 2.37. The Hall–Kier alpha value is -1.31. The molecule has 1 atom stereocenters. The highest BCUT2D eigenvalue weighted by Crippen LogP contribution is 2.27. The standard InChI is InChI=1S/C12H13BrClNO5/c13-8-5-7(14)1-2-10(8)20-6-11(17)15-4-3-9(16)12(18)19/h1-2,5,9,16H,3-4,6H2,(H,15,17)(H,18,19)/t9-/m0/s1. The zero-order valence-electron chi connectivity index (χ0n) is 10.3. The van der Waals surface area contributed by atoms with Gasteiger partial charge in [0.05, 0.1) is 4.47 Å². The molecule has 0 aromatic heterocycles. The van der Waals surface area contributed by atoms with Crippen LogP contribution in [0.2, 0.25) is 5.02 Å². The second kappa shape index (κ2) is 8.08. The maximum Gasteiger partial charge on any atom is 0.332 e. The van der Waals surface area contributed by atoms with Gasteiger partial charge in [0, 0.05) is 18.0 Å². The van der Waals surface area contributed by atoms with Gasteiger partial charge in [0.15, 0.2) is 12.7 Å². The summed E-state index contributed by atoms with van der Waals surface area (Å²) in [6.07, 6.45) is -1.55. The summed E-state index contributed by atoms with van der Waals surface area (Å²) in [7, 11) is 0. The number of hydrogen-bond donors (Lipinski definition) is 3. The second-order valence-electron chi connectivity index (χ2n) is 3.86. The van der Waals surface area contributed by atoms with Crippen molar-refractivity contribution in [3.63, 3.8) is 0 Å². The number of rotatable bonds is 7. The molecule has 0 radical (unpaired) electrons. The summed E-state index contributed by atoms with van der Waals surface area (Å²) in [5.74, 6) is -1.26. The normalized spacial score (nSPS) is 11.8. The molecule has 0 aliphatic carbocycles. The lowest BCUT2D eigenvalue weighted by Crippen LogP contribution is -2.33. The summed E-state index contributed by atoms with van der Waals surface area (Å²) in [4.78, 5) is 21.8. The molecular weight excluding hydrogens is 353 g/mol. The van der Waals surface area contributed by atoms with Crippen LogP contribution >= 0.6 is 27.5 Å². The predicted molar refractivity (Wildman–Crippen MR) is 75.9 cm³/mol. The summed E-state index contributed by atoms with van der Waals surface area (Å²) in [6.45, 7) is -0.166. The van der Waals surface area contributed by atoms with Crippen LogP contribution in [-0.2, 0) is 9.59 Å². The highest BCUT2D eigenvalue weighted by Gasteiger charge is 2.13. The van der Waals surface area contributed by atoms with Crippen molar-refractivity contribution in [2.45, 2.75) is 12.5 Å². The molecule has 0 saturated carbocycles. The van der Waals surface area contributed by atoms with E-state index < -0.39 is 18.0 Å². The lowest BCUT2D eigenvalue weighted by molar-refractivity contribution is -0.147. The topological polar surface area (TPSA) is 95.9 Å². The van der Waals surface area contributed by atoms with Crippen molar-refractivity contribution in [2.24, 2.45) is 0 Å². The summed E-state index contributed by atoms with van der Waals surface area (Å²) >= 11 is 9.01. The van der Waals surface area contributed by atoms with E-state index in [1.165, 1.54) is 0 Å². The number of carbonyl (C=O) groups is 2. The van der Waals surface area contributed by atoms with E-state index in [0.29, 0.717) is 15.2 Å². The van der Waals surface area contributed by atoms with Crippen molar-refractivity contribution >= 4 is 39.4 Å². The first-order valence-corrected chi connectivity index (χ1v) is 6.82. The van der Waals surface area contributed by atoms with Crippen molar-refractivity contribution in [1.82, 2.24) is 5.32 Å². The molecule has 1 aromatic rings. The van der Waals surface area contributed by atoms with Crippen molar-refractivity contribution in [3.8, 4) is 5.75 Å². The van der Waals surface area contributed by atoms with E-state index in [1.807, 2.05) is 0 Å². The van der Waals surface area contributed by atoms with Gasteiger partial charge in [-0.25, -0.2) is 4.79 Å². The Balaban J connectivity index is 2.31. The zero-order chi connectivity index (χ0) is 15.1. The number of aliphatic hydroxyl groups is 1. The Bertz CT molecular complexity index is 497. The lowest BCUT2D eigenvalue weighted by Gasteiger charge is -2.10. The molecule has 0 aliphatic rings. The van der Waals surface area contributed by atoms with Gasteiger partial charge in [0.2, 0.25) is 0 Å². The first-order chi connectivity index (χ1) is 9.40. The van der Waals surface area contributed by atoms with Crippen molar-refractivity contribution in [2.75, 3.05) is 13.2 Å². The minimum absolute atomic E-state index is 0.0530. The maximum absolute atomic E-state index is 11.4. The number of benzene rings is 1. The van der Waals surface area contributed by atoms with Gasteiger partial charge >= 0.3 is 5.97 Å². The SMILES string of the molecule is O=C(COc1ccc(Cl)cc1Br)NCC[C@H](O)C(=O)O. The lowest BCUT2D eigenvalue weighted by atomic mass is 10.2. The number of nitrogens with one attached hydrogen (secondary N) is 1. The third-order valence-corrected chi connectivity index (χ3v) is 3.13. The van der Waals surface area contributed by atoms with Crippen molar-refractivity contribution in [1.29, 1.82) is 0 Å². The predicted octanol–water partition coefficient (Wildman–Crippen LogP) is 1.43. The van der Waals surface area contributed by atoms with Crippen molar-refractivity contribution in [3.05, 3.63) is 27.7 Å². The van der Waals surface area contributed by atoms with Crippen LogP contribution in [0.5, 0.6) is 5.75 Å². The second-order valence-corrected chi connectivity index (χ2v) is 5.15. The quantitative estimate of drug-likeness (QED) is 0.678. The van der Waals surface area contributed by atoms with Crippen LogP contribution in [0.3, 0.4) is 0 Å². The summed E-state index contributed by atoms with van der Waals surface area (Å²) in [5, 5.41) is 20.4. The highest BCUT2D eigenvalue weighted by molar-refractivity contribution is 9.10. The van der Waals surface area contributed by atoms with Crippen LogP contribution in [0, 0.1) is 0 Å². The average molecular weight is 367 g/mol. The van der Waals surface area contributed by atoms with E-state index in [9.17, 15) is 9.59 Å². The number of amides is 1. The number of aliphatic carboxylic acids is 1. The van der Waals surface area contributed by atoms with E-state index in [1.54, 1.807) is 18.2 Å². The van der Waals surface area contributed by atoms with E-state index in [-0.39, 0.29) is 19.6 Å². The number of carboxylic acid groups (broad SMARTS) is 1. The number of hydrogen-bond acceptors (Lipinski definition) is 4. The third kappa shape index (κ3) is 5.77. The van der Waals surface area contributed by atoms with Crippen LogP contribution in [0.4, 0.5) is 0 Å². The number of ether oxygens (including phenoxy) is 1. The first kappa shape index (κ1) is 16.7. The number of carbonyl (C=O) groups excluding carboxylic acids is 1. The smallest absolute Gasteiger partial charge is 0.332 e. The molecule has 0 fully saturated rings. The Labute approximate surface area is 128 Å². The minimum atomic E-state index is -1.48. The third-order valence-electron chi connectivity index (χ3n) is 2.28. The van der Waals surface area contributed by atoms with Crippen molar-refractivity contribution < 1.29 is 24.5 Å². The molecule has 6 nitrogen and oxygen atoms in total. The molecule has 0 spiro atoms. The van der Waals surface area contributed by atoms with Gasteiger partial charge in [0.25, 0.3) is 5.91 Å². The largest absolute Gasteiger partial charge is 0.483 e. The Morgan fingerprint density at radius 1 is 1.45 bits per heavy atom. The molecule has 3 N–H and O–H groups in total. The maximum atomic E-state index is 11.4. The molecule has 20 heavy (non-hydrogen) atoms. The first-order valence-electron chi connectivity index (χ1n) is 5.65. The van der Waals surface area contributed by atoms with Gasteiger partial charge < -0.3 is 20.3 Å². The van der Waals surface area contributed by atoms with Crippen LogP contribution in [0.1, 0.15) is 6.42 Å². The molecule has 8 heteroatoms. The molecule has 0 aliphatic heterocycles. The Morgan fingerprint density at radius 2 is 2.15 bits per heavy atom. The molecule has 0 saturated heterocycles. The molecular formula is C12H13BrClNO5. The minimum Gasteiger partial charge on any atom is -0.483 e. The van der Waals surface area contributed by atoms with Gasteiger partial charge in [0.1, 0.15) is 5.75 Å².